The van der Waals surface area contributed by atoms with Gasteiger partial charge in [0.25, 0.3) is 11.4 Å². The minimum Gasteiger partial charge on any atom is -0.398 e. The fourth-order valence-corrected chi connectivity index (χ4v) is 4.27. The van der Waals surface area contributed by atoms with E-state index in [1.54, 1.807) is 30.7 Å². The summed E-state index contributed by atoms with van der Waals surface area (Å²) in [6.45, 7) is 5.48. The SMILES string of the molecule is CC#Cc1cccc2nc([C@H](CC)Nc3nccc(N)c3-c3nc(C)no3)n(-c3ccccc3)c(=O)c12. The van der Waals surface area contributed by atoms with Crippen LogP contribution in [0.1, 0.15) is 43.5 Å². The van der Waals surface area contributed by atoms with Crippen LogP contribution < -0.4 is 16.6 Å². The molecule has 9 heteroatoms. The number of fused-ring (bicyclic) bond motifs is 1. The molecule has 2 aromatic carbocycles. The molecule has 1 atom stereocenters. The number of pyridine rings is 1. The van der Waals surface area contributed by atoms with Crippen molar-refractivity contribution in [3.05, 3.63) is 88.4 Å². The third-order valence-electron chi connectivity index (χ3n) is 5.95. The minimum absolute atomic E-state index is 0.196. The molecule has 3 heterocycles. The van der Waals surface area contributed by atoms with Crippen LogP contribution in [0.4, 0.5) is 11.5 Å². The number of hydrogen-bond donors (Lipinski definition) is 2. The molecule has 5 rings (SSSR count). The van der Waals surface area contributed by atoms with E-state index in [1.807, 2.05) is 55.5 Å². The molecular formula is C28H25N7O2. The summed E-state index contributed by atoms with van der Waals surface area (Å²) in [5, 5.41) is 7.80. The lowest BCUT2D eigenvalue weighted by molar-refractivity contribution is 0.426. The molecule has 184 valence electrons. The molecule has 3 N–H and O–H groups in total. The Morgan fingerprint density at radius 1 is 1.11 bits per heavy atom. The zero-order chi connectivity index (χ0) is 25.9. The lowest BCUT2D eigenvalue weighted by Crippen LogP contribution is -2.28. The minimum atomic E-state index is -0.407. The fourth-order valence-electron chi connectivity index (χ4n) is 4.27. The molecule has 0 aliphatic carbocycles. The van der Waals surface area contributed by atoms with Crippen LogP contribution in [0.15, 0.2) is 70.1 Å². The van der Waals surface area contributed by atoms with E-state index < -0.39 is 6.04 Å². The lowest BCUT2D eigenvalue weighted by Gasteiger charge is -2.23. The lowest BCUT2D eigenvalue weighted by atomic mass is 10.1. The van der Waals surface area contributed by atoms with Crippen molar-refractivity contribution in [3.63, 3.8) is 0 Å². The molecule has 0 aliphatic rings. The molecule has 0 unspecified atom stereocenters. The Bertz CT molecular complexity index is 1710. The van der Waals surface area contributed by atoms with E-state index in [4.69, 9.17) is 15.2 Å². The van der Waals surface area contributed by atoms with Crippen molar-refractivity contribution in [2.75, 3.05) is 11.1 Å². The predicted molar refractivity (Wildman–Crippen MR) is 143 cm³/mol. The van der Waals surface area contributed by atoms with E-state index in [-0.39, 0.29) is 11.4 Å². The molecular weight excluding hydrogens is 466 g/mol. The van der Waals surface area contributed by atoms with Gasteiger partial charge in [-0.3, -0.25) is 9.36 Å². The number of para-hydroxylation sites is 1. The van der Waals surface area contributed by atoms with Gasteiger partial charge < -0.3 is 15.6 Å². The summed E-state index contributed by atoms with van der Waals surface area (Å²) in [6, 6.07) is 16.2. The van der Waals surface area contributed by atoms with Crippen LogP contribution in [-0.2, 0) is 0 Å². The van der Waals surface area contributed by atoms with Gasteiger partial charge in [0.05, 0.1) is 22.6 Å². The number of nitrogens with one attached hydrogen (secondary N) is 1. The second-order valence-electron chi connectivity index (χ2n) is 8.40. The highest BCUT2D eigenvalue weighted by Gasteiger charge is 2.24. The molecule has 0 saturated heterocycles. The van der Waals surface area contributed by atoms with Crippen molar-refractivity contribution < 1.29 is 4.52 Å². The monoisotopic (exact) mass is 491 g/mol. The highest BCUT2D eigenvalue weighted by molar-refractivity contribution is 5.85. The zero-order valence-corrected chi connectivity index (χ0v) is 20.7. The Morgan fingerprint density at radius 3 is 2.62 bits per heavy atom. The van der Waals surface area contributed by atoms with E-state index in [9.17, 15) is 4.79 Å². The van der Waals surface area contributed by atoms with Gasteiger partial charge in [0, 0.05) is 17.4 Å². The maximum atomic E-state index is 14.0. The molecule has 3 aromatic heterocycles. The quantitative estimate of drug-likeness (QED) is 0.329. The summed E-state index contributed by atoms with van der Waals surface area (Å²) in [4.78, 5) is 27.8. The Kier molecular flexibility index (Phi) is 6.39. The number of benzene rings is 2. The van der Waals surface area contributed by atoms with Gasteiger partial charge in [-0.15, -0.1) is 5.92 Å². The van der Waals surface area contributed by atoms with Gasteiger partial charge in [-0.1, -0.05) is 42.3 Å². The third kappa shape index (κ3) is 4.41. The van der Waals surface area contributed by atoms with E-state index >= 15 is 0 Å². The first-order valence-corrected chi connectivity index (χ1v) is 11.9. The maximum absolute atomic E-state index is 14.0. The molecule has 0 amide bonds. The van der Waals surface area contributed by atoms with Gasteiger partial charge >= 0.3 is 0 Å². The van der Waals surface area contributed by atoms with Crippen molar-refractivity contribution in [2.24, 2.45) is 0 Å². The molecule has 0 bridgehead atoms. The number of nitrogens with zero attached hydrogens (tertiary/aromatic N) is 5. The van der Waals surface area contributed by atoms with Gasteiger partial charge in [0.1, 0.15) is 17.2 Å². The Balaban J connectivity index is 1.73. The second-order valence-corrected chi connectivity index (χ2v) is 8.40. The molecule has 9 nitrogen and oxygen atoms in total. The summed E-state index contributed by atoms with van der Waals surface area (Å²) in [5.74, 6) is 7.66. The summed E-state index contributed by atoms with van der Waals surface area (Å²) in [6.07, 6.45) is 2.20. The third-order valence-corrected chi connectivity index (χ3v) is 5.95. The number of nitrogens with two attached hydrogens (primary N) is 1. The Labute approximate surface area is 213 Å². The van der Waals surface area contributed by atoms with Crippen molar-refractivity contribution in [2.45, 2.75) is 33.2 Å². The summed E-state index contributed by atoms with van der Waals surface area (Å²) in [7, 11) is 0. The van der Waals surface area contributed by atoms with Crippen molar-refractivity contribution in [3.8, 4) is 29.0 Å². The topological polar surface area (TPSA) is 125 Å². The summed E-state index contributed by atoms with van der Waals surface area (Å²) in [5.41, 5.74) is 8.94. The largest absolute Gasteiger partial charge is 0.398 e. The number of hydrogen-bond acceptors (Lipinski definition) is 8. The van der Waals surface area contributed by atoms with Gasteiger partial charge in [0.2, 0.25) is 0 Å². The van der Waals surface area contributed by atoms with Crippen LogP contribution in [0, 0.1) is 18.8 Å². The number of nitrogen functional groups attached to an aromatic ring is 1. The second kappa shape index (κ2) is 9.95. The molecule has 0 saturated carbocycles. The number of aryl methyl sites for hydroxylation is 1. The van der Waals surface area contributed by atoms with Crippen LogP contribution in [0.25, 0.3) is 28.0 Å². The predicted octanol–water partition coefficient (Wildman–Crippen LogP) is 4.66. The molecule has 5 aromatic rings. The highest BCUT2D eigenvalue weighted by Crippen LogP contribution is 2.33. The smallest absolute Gasteiger partial charge is 0.267 e. The average Bonchev–Trinajstić information content (AvgIpc) is 3.33. The highest BCUT2D eigenvalue weighted by atomic mass is 16.5. The number of aromatic nitrogens is 5. The standard InChI is InChI=1S/C28H25N7O2/c1-4-10-18-11-9-14-22-23(18)28(36)35(19-12-7-6-8-13-19)26(33-22)21(5-2)32-25-24(20(29)15-16-30-25)27-31-17(3)34-37-27/h6-9,11-16,21H,5H2,1-3H3,(H3,29,30,32)/t21-/m0/s1. The average molecular weight is 492 g/mol. The molecule has 37 heavy (non-hydrogen) atoms. The Morgan fingerprint density at radius 2 is 1.92 bits per heavy atom. The van der Waals surface area contributed by atoms with Crippen LogP contribution in [0.2, 0.25) is 0 Å². The first-order chi connectivity index (χ1) is 18.0. The van der Waals surface area contributed by atoms with E-state index in [0.29, 0.717) is 57.3 Å². The Hall–Kier alpha value is -4.97. The molecule has 0 spiro atoms. The molecule has 0 fully saturated rings. The van der Waals surface area contributed by atoms with Crippen LogP contribution in [0.5, 0.6) is 0 Å². The first-order valence-electron chi connectivity index (χ1n) is 11.9. The van der Waals surface area contributed by atoms with Crippen molar-refractivity contribution >= 4 is 22.4 Å². The fraction of sp³-hybridized carbons (Fsp3) is 0.179. The number of rotatable bonds is 6. The zero-order valence-electron chi connectivity index (χ0n) is 20.7. The first kappa shape index (κ1) is 23.8. The van der Waals surface area contributed by atoms with Crippen molar-refractivity contribution in [1.29, 1.82) is 0 Å². The van der Waals surface area contributed by atoms with Crippen LogP contribution >= 0.6 is 0 Å². The van der Waals surface area contributed by atoms with E-state index in [2.05, 4.69) is 32.3 Å². The van der Waals surface area contributed by atoms with Crippen molar-refractivity contribution in [1.82, 2.24) is 24.7 Å². The summed E-state index contributed by atoms with van der Waals surface area (Å²) < 4.78 is 7.03. The summed E-state index contributed by atoms with van der Waals surface area (Å²) >= 11 is 0. The normalized spacial score (nSPS) is 11.6. The molecule has 0 radical (unpaired) electrons. The van der Waals surface area contributed by atoms with E-state index in [0.717, 1.165) is 0 Å². The van der Waals surface area contributed by atoms with Gasteiger partial charge in [-0.25, -0.2) is 9.97 Å². The van der Waals surface area contributed by atoms with Gasteiger partial charge in [0.15, 0.2) is 5.82 Å². The van der Waals surface area contributed by atoms with Crippen LogP contribution in [-0.4, -0.2) is 24.7 Å². The van der Waals surface area contributed by atoms with Gasteiger partial charge in [-0.05, 0) is 50.6 Å². The maximum Gasteiger partial charge on any atom is 0.267 e. The number of anilines is 2. The van der Waals surface area contributed by atoms with E-state index in [1.165, 1.54) is 0 Å². The molecule has 0 aliphatic heterocycles. The van der Waals surface area contributed by atoms with Crippen LogP contribution in [0.3, 0.4) is 0 Å². The van der Waals surface area contributed by atoms with Gasteiger partial charge in [-0.2, -0.15) is 4.98 Å².